The van der Waals surface area contributed by atoms with Crippen LogP contribution in [0.2, 0.25) is 0 Å². The number of hydrogen-bond donors (Lipinski definition) is 2. The van der Waals surface area contributed by atoms with Gasteiger partial charge in [-0.2, -0.15) is 5.10 Å². The van der Waals surface area contributed by atoms with Gasteiger partial charge in [-0.3, -0.25) is 4.68 Å². The standard InChI is InChI=1S/C15H18BrN5O2/c1-21-8-12(13(20-21)9-3-4-9)19-15(22)18-6-10-5-11(16)7-17-14(10)23-2/h5,7-9H,3-4,6H2,1-2H3,(H2,18,19,22). The Labute approximate surface area is 142 Å². The lowest BCUT2D eigenvalue weighted by Crippen LogP contribution is -2.28. The van der Waals surface area contributed by atoms with Crippen molar-refractivity contribution in [2.24, 2.45) is 7.05 Å². The summed E-state index contributed by atoms with van der Waals surface area (Å²) in [5.74, 6) is 0.967. The average Bonchev–Trinajstić information content (AvgIpc) is 3.29. The van der Waals surface area contributed by atoms with Crippen LogP contribution in [0, 0.1) is 0 Å². The van der Waals surface area contributed by atoms with Crippen molar-refractivity contribution in [3.63, 3.8) is 0 Å². The first kappa shape index (κ1) is 15.8. The molecule has 0 bridgehead atoms. The summed E-state index contributed by atoms with van der Waals surface area (Å²) in [6, 6.07) is 1.59. The molecule has 3 rings (SSSR count). The van der Waals surface area contributed by atoms with E-state index in [-0.39, 0.29) is 6.03 Å². The number of ether oxygens (including phenoxy) is 1. The van der Waals surface area contributed by atoms with Crippen LogP contribution in [-0.4, -0.2) is 27.9 Å². The first-order chi connectivity index (χ1) is 11.1. The zero-order valence-corrected chi connectivity index (χ0v) is 14.6. The Morgan fingerprint density at radius 2 is 2.30 bits per heavy atom. The molecule has 1 saturated carbocycles. The molecule has 0 radical (unpaired) electrons. The fourth-order valence-electron chi connectivity index (χ4n) is 2.38. The minimum Gasteiger partial charge on any atom is -0.481 e. The van der Waals surface area contributed by atoms with Crippen molar-refractivity contribution >= 4 is 27.6 Å². The monoisotopic (exact) mass is 379 g/mol. The van der Waals surface area contributed by atoms with Crippen molar-refractivity contribution in [2.75, 3.05) is 12.4 Å². The topological polar surface area (TPSA) is 81.1 Å². The van der Waals surface area contributed by atoms with Crippen molar-refractivity contribution in [1.29, 1.82) is 0 Å². The van der Waals surface area contributed by atoms with Crippen LogP contribution in [0.5, 0.6) is 5.88 Å². The third-order valence-electron chi connectivity index (χ3n) is 3.59. The number of halogens is 1. The molecule has 122 valence electrons. The second kappa shape index (κ2) is 6.57. The van der Waals surface area contributed by atoms with Crippen LogP contribution in [0.1, 0.15) is 30.0 Å². The number of carbonyl (C=O) groups excluding carboxylic acids is 1. The lowest BCUT2D eigenvalue weighted by Gasteiger charge is -2.10. The Bertz CT molecular complexity index is 727. The van der Waals surface area contributed by atoms with Gasteiger partial charge in [0, 0.05) is 41.9 Å². The van der Waals surface area contributed by atoms with Gasteiger partial charge >= 0.3 is 6.03 Å². The Morgan fingerprint density at radius 1 is 1.52 bits per heavy atom. The molecular formula is C15H18BrN5O2. The summed E-state index contributed by atoms with van der Waals surface area (Å²) >= 11 is 3.36. The average molecular weight is 380 g/mol. The predicted octanol–water partition coefficient (Wildman–Crippen LogP) is 2.79. The summed E-state index contributed by atoms with van der Waals surface area (Å²) in [6.45, 7) is 0.320. The van der Waals surface area contributed by atoms with Crippen LogP contribution in [0.3, 0.4) is 0 Å². The molecule has 0 aliphatic heterocycles. The quantitative estimate of drug-likeness (QED) is 0.836. The number of aryl methyl sites for hydroxylation is 1. The fourth-order valence-corrected chi connectivity index (χ4v) is 2.76. The molecule has 8 heteroatoms. The molecule has 0 atom stereocenters. The number of aromatic nitrogens is 3. The van der Waals surface area contributed by atoms with Gasteiger partial charge in [-0.05, 0) is 34.8 Å². The van der Waals surface area contributed by atoms with Gasteiger partial charge in [0.25, 0.3) is 0 Å². The van der Waals surface area contributed by atoms with E-state index in [1.807, 2.05) is 19.3 Å². The molecule has 7 nitrogen and oxygen atoms in total. The smallest absolute Gasteiger partial charge is 0.319 e. The number of methoxy groups -OCH3 is 1. The second-order valence-corrected chi connectivity index (χ2v) is 6.42. The van der Waals surface area contributed by atoms with E-state index in [1.54, 1.807) is 18.0 Å². The highest BCUT2D eigenvalue weighted by Crippen LogP contribution is 2.42. The normalized spacial score (nSPS) is 13.7. The molecule has 1 aliphatic carbocycles. The van der Waals surface area contributed by atoms with Gasteiger partial charge in [0.2, 0.25) is 5.88 Å². The number of urea groups is 1. The molecule has 0 unspecified atom stereocenters. The summed E-state index contributed by atoms with van der Waals surface area (Å²) in [4.78, 5) is 16.3. The first-order valence-electron chi connectivity index (χ1n) is 7.33. The summed E-state index contributed by atoms with van der Waals surface area (Å²) in [5.41, 5.74) is 2.53. The van der Waals surface area contributed by atoms with E-state index in [0.29, 0.717) is 18.3 Å². The summed E-state index contributed by atoms with van der Waals surface area (Å²) in [7, 11) is 3.41. The number of pyridine rings is 1. The molecule has 2 aromatic rings. The second-order valence-electron chi connectivity index (χ2n) is 5.51. The summed E-state index contributed by atoms with van der Waals surface area (Å²) in [6.07, 6.45) is 5.75. The third kappa shape index (κ3) is 3.82. The number of nitrogens with zero attached hydrogens (tertiary/aromatic N) is 3. The van der Waals surface area contributed by atoms with Crippen molar-refractivity contribution in [1.82, 2.24) is 20.1 Å². The van der Waals surface area contributed by atoms with E-state index in [4.69, 9.17) is 4.74 Å². The maximum Gasteiger partial charge on any atom is 0.319 e. The van der Waals surface area contributed by atoms with Crippen molar-refractivity contribution in [3.8, 4) is 5.88 Å². The van der Waals surface area contributed by atoms with Crippen molar-refractivity contribution in [3.05, 3.63) is 34.2 Å². The lowest BCUT2D eigenvalue weighted by molar-refractivity contribution is 0.251. The molecule has 1 fully saturated rings. The zero-order chi connectivity index (χ0) is 16.4. The summed E-state index contributed by atoms with van der Waals surface area (Å²) < 4.78 is 7.76. The van der Waals surface area contributed by atoms with Crippen LogP contribution in [-0.2, 0) is 13.6 Å². The molecule has 2 aromatic heterocycles. The first-order valence-corrected chi connectivity index (χ1v) is 8.13. The largest absolute Gasteiger partial charge is 0.481 e. The molecular weight excluding hydrogens is 362 g/mol. The maximum absolute atomic E-state index is 12.1. The molecule has 0 aromatic carbocycles. The van der Waals surface area contributed by atoms with Crippen molar-refractivity contribution < 1.29 is 9.53 Å². The SMILES string of the molecule is COc1ncc(Br)cc1CNC(=O)Nc1cn(C)nc1C1CC1. The Hall–Kier alpha value is -2.09. The minimum atomic E-state index is -0.276. The van der Waals surface area contributed by atoms with E-state index in [2.05, 4.69) is 36.6 Å². The number of carbonyl (C=O) groups is 1. The van der Waals surface area contributed by atoms with Gasteiger partial charge in [0.15, 0.2) is 0 Å². The van der Waals surface area contributed by atoms with Gasteiger partial charge in [0.1, 0.15) is 0 Å². The van der Waals surface area contributed by atoms with Gasteiger partial charge < -0.3 is 15.4 Å². The maximum atomic E-state index is 12.1. The zero-order valence-electron chi connectivity index (χ0n) is 13.0. The van der Waals surface area contributed by atoms with Crippen LogP contribution < -0.4 is 15.4 Å². The van der Waals surface area contributed by atoms with E-state index in [9.17, 15) is 4.79 Å². The predicted molar refractivity (Wildman–Crippen MR) is 89.5 cm³/mol. The van der Waals surface area contributed by atoms with Crippen LogP contribution in [0.4, 0.5) is 10.5 Å². The van der Waals surface area contributed by atoms with Crippen LogP contribution in [0.25, 0.3) is 0 Å². The molecule has 0 saturated heterocycles. The fraction of sp³-hybridized carbons (Fsp3) is 0.400. The lowest BCUT2D eigenvalue weighted by atomic mass is 10.2. The van der Waals surface area contributed by atoms with Crippen molar-refractivity contribution in [2.45, 2.75) is 25.3 Å². The molecule has 2 N–H and O–H groups in total. The highest BCUT2D eigenvalue weighted by atomic mass is 79.9. The van der Waals surface area contributed by atoms with Gasteiger partial charge in [-0.1, -0.05) is 0 Å². The Kier molecular flexibility index (Phi) is 4.51. The number of nitrogens with one attached hydrogen (secondary N) is 2. The number of hydrogen-bond acceptors (Lipinski definition) is 4. The Balaban J connectivity index is 1.63. The van der Waals surface area contributed by atoms with Crippen LogP contribution >= 0.6 is 15.9 Å². The molecule has 23 heavy (non-hydrogen) atoms. The molecule has 1 aliphatic rings. The molecule has 2 heterocycles. The minimum absolute atomic E-state index is 0.276. The van der Waals surface area contributed by atoms with Crippen LogP contribution in [0.15, 0.2) is 22.9 Å². The van der Waals surface area contributed by atoms with E-state index < -0.39 is 0 Å². The van der Waals surface area contributed by atoms with Gasteiger partial charge in [-0.25, -0.2) is 9.78 Å². The van der Waals surface area contributed by atoms with Gasteiger partial charge in [0.05, 0.1) is 18.5 Å². The Morgan fingerprint density at radius 3 is 3.00 bits per heavy atom. The van der Waals surface area contributed by atoms with E-state index in [0.717, 1.165) is 34.3 Å². The summed E-state index contributed by atoms with van der Waals surface area (Å²) in [5, 5.41) is 10.1. The molecule has 2 amide bonds. The van der Waals surface area contributed by atoms with E-state index >= 15 is 0 Å². The molecule has 0 spiro atoms. The highest BCUT2D eigenvalue weighted by Gasteiger charge is 2.29. The van der Waals surface area contributed by atoms with E-state index in [1.165, 1.54) is 0 Å². The third-order valence-corrected chi connectivity index (χ3v) is 4.03. The van der Waals surface area contributed by atoms with Gasteiger partial charge in [-0.15, -0.1) is 0 Å². The number of rotatable bonds is 5. The number of anilines is 1. The number of amides is 2. The highest BCUT2D eigenvalue weighted by molar-refractivity contribution is 9.10.